The first kappa shape index (κ1) is 28.0. The normalized spacial score (nSPS) is 14.8. The number of amides is 2. The van der Waals surface area contributed by atoms with Crippen molar-refractivity contribution in [2.45, 2.75) is 50.6 Å². The van der Waals surface area contributed by atoms with E-state index in [1.807, 2.05) is 18.2 Å². The third kappa shape index (κ3) is 7.73. The van der Waals surface area contributed by atoms with Crippen molar-refractivity contribution in [2.24, 2.45) is 5.41 Å². The standard InChI is InChI=1S/C27H28N2O9/c30-16-18(15-24(34)35)28-25(36)27(11-12-27)26(37)29-21(9-10-23(32)33)22(31)14-17-5-4-8-20(13-17)38-19-6-2-1-3-7-19/h1-8,13,16,18,21H,9-12,14-15H2,(H,28,36)(H,29,37)(H,32,33)(H,34,35). The maximum absolute atomic E-state index is 13.1. The van der Waals surface area contributed by atoms with Crippen molar-refractivity contribution in [2.75, 3.05) is 0 Å². The van der Waals surface area contributed by atoms with Gasteiger partial charge in [-0.15, -0.1) is 0 Å². The number of ether oxygens (including phenoxy) is 1. The summed E-state index contributed by atoms with van der Waals surface area (Å²) in [6, 6.07) is 13.3. The maximum atomic E-state index is 13.1. The second-order valence-electron chi connectivity index (χ2n) is 9.06. The number of nitrogens with one attached hydrogen (secondary N) is 2. The van der Waals surface area contributed by atoms with Gasteiger partial charge in [0.15, 0.2) is 5.78 Å². The lowest BCUT2D eigenvalue weighted by atomic mass is 9.97. The van der Waals surface area contributed by atoms with Gasteiger partial charge in [-0.2, -0.15) is 0 Å². The zero-order chi connectivity index (χ0) is 27.7. The molecule has 0 radical (unpaired) electrons. The fourth-order valence-corrected chi connectivity index (χ4v) is 3.86. The van der Waals surface area contributed by atoms with Gasteiger partial charge in [0.1, 0.15) is 23.2 Å². The molecule has 0 bridgehead atoms. The number of carboxylic acids is 2. The Hall–Kier alpha value is -4.54. The molecule has 4 N–H and O–H groups in total. The molecule has 3 rings (SSSR count). The van der Waals surface area contributed by atoms with Crippen LogP contribution >= 0.6 is 0 Å². The highest BCUT2D eigenvalue weighted by Crippen LogP contribution is 2.46. The van der Waals surface area contributed by atoms with Crippen LogP contribution in [0.3, 0.4) is 0 Å². The molecule has 2 aromatic carbocycles. The summed E-state index contributed by atoms with van der Waals surface area (Å²) in [5.41, 5.74) is -0.968. The van der Waals surface area contributed by atoms with E-state index in [0.29, 0.717) is 17.1 Å². The van der Waals surface area contributed by atoms with Gasteiger partial charge >= 0.3 is 11.9 Å². The molecule has 0 saturated heterocycles. The average Bonchev–Trinajstić information content (AvgIpc) is 3.69. The number of carbonyl (C=O) groups excluding carboxylic acids is 4. The number of hydrogen-bond acceptors (Lipinski definition) is 7. The van der Waals surface area contributed by atoms with Crippen molar-refractivity contribution in [3.05, 3.63) is 60.2 Å². The largest absolute Gasteiger partial charge is 0.481 e. The van der Waals surface area contributed by atoms with Crippen LogP contribution in [0.15, 0.2) is 54.6 Å². The molecule has 0 heterocycles. The molecule has 1 saturated carbocycles. The number of benzene rings is 2. The molecular weight excluding hydrogens is 496 g/mol. The van der Waals surface area contributed by atoms with Gasteiger partial charge in [-0.25, -0.2) is 0 Å². The maximum Gasteiger partial charge on any atom is 0.305 e. The predicted molar refractivity (Wildman–Crippen MR) is 132 cm³/mol. The van der Waals surface area contributed by atoms with Crippen LogP contribution in [0, 0.1) is 5.41 Å². The van der Waals surface area contributed by atoms with Crippen molar-refractivity contribution in [3.8, 4) is 11.5 Å². The van der Waals surface area contributed by atoms with E-state index in [1.165, 1.54) is 0 Å². The Morgan fingerprint density at radius 1 is 0.895 bits per heavy atom. The molecule has 11 heteroatoms. The van der Waals surface area contributed by atoms with E-state index in [2.05, 4.69) is 10.6 Å². The molecule has 1 fully saturated rings. The van der Waals surface area contributed by atoms with Gasteiger partial charge in [-0.05, 0) is 49.1 Å². The van der Waals surface area contributed by atoms with Crippen LogP contribution in [0.5, 0.6) is 11.5 Å². The average molecular weight is 525 g/mol. The molecule has 2 aromatic rings. The Bertz CT molecular complexity index is 1210. The summed E-state index contributed by atoms with van der Waals surface area (Å²) in [4.78, 5) is 72.0. The van der Waals surface area contributed by atoms with Gasteiger partial charge in [0.25, 0.3) is 0 Å². The van der Waals surface area contributed by atoms with Gasteiger partial charge in [-0.1, -0.05) is 30.3 Å². The second-order valence-corrected chi connectivity index (χ2v) is 9.06. The number of aldehydes is 1. The number of rotatable bonds is 15. The molecule has 2 unspecified atom stereocenters. The molecule has 0 aliphatic heterocycles. The predicted octanol–water partition coefficient (Wildman–Crippen LogP) is 1.88. The first-order chi connectivity index (χ1) is 18.1. The Morgan fingerprint density at radius 3 is 2.16 bits per heavy atom. The third-order valence-electron chi connectivity index (χ3n) is 6.09. The van der Waals surface area contributed by atoms with Crippen molar-refractivity contribution in [1.29, 1.82) is 0 Å². The summed E-state index contributed by atoms with van der Waals surface area (Å²) in [6.07, 6.45) is -0.785. The zero-order valence-corrected chi connectivity index (χ0v) is 20.4. The van der Waals surface area contributed by atoms with E-state index in [-0.39, 0.29) is 32.0 Å². The highest BCUT2D eigenvalue weighted by molar-refractivity contribution is 6.09. The second kappa shape index (κ2) is 12.6. The minimum atomic E-state index is -1.55. The summed E-state index contributed by atoms with van der Waals surface area (Å²) in [6.45, 7) is 0. The van der Waals surface area contributed by atoms with Crippen LogP contribution in [-0.2, 0) is 35.2 Å². The minimum absolute atomic E-state index is 0.123. The molecule has 1 aliphatic rings. The van der Waals surface area contributed by atoms with E-state index < -0.39 is 59.9 Å². The van der Waals surface area contributed by atoms with Gasteiger partial charge in [-0.3, -0.25) is 24.0 Å². The molecule has 0 aromatic heterocycles. The fraction of sp³-hybridized carbons (Fsp3) is 0.333. The van der Waals surface area contributed by atoms with E-state index in [1.54, 1.807) is 36.4 Å². The third-order valence-corrected chi connectivity index (χ3v) is 6.09. The fourth-order valence-electron chi connectivity index (χ4n) is 3.86. The SMILES string of the molecule is O=CC(CC(=O)O)NC(=O)C1(C(=O)NC(CCC(=O)O)C(=O)Cc2cccc(Oc3ccccc3)c2)CC1. The lowest BCUT2D eigenvalue weighted by molar-refractivity contribution is -0.142. The number of Topliss-reactive ketones (excluding diaryl/α,β-unsaturated/α-hetero) is 1. The topological polar surface area (TPSA) is 176 Å². The molecule has 2 amide bonds. The Kier molecular flexibility index (Phi) is 9.31. The first-order valence-electron chi connectivity index (χ1n) is 12.0. The van der Waals surface area contributed by atoms with E-state index in [9.17, 15) is 28.8 Å². The number of ketones is 1. The van der Waals surface area contributed by atoms with Gasteiger partial charge in [0.05, 0.1) is 18.5 Å². The number of carboxylic acid groups (broad SMARTS) is 2. The number of para-hydroxylation sites is 1. The van der Waals surface area contributed by atoms with Crippen LogP contribution in [0.25, 0.3) is 0 Å². The zero-order valence-electron chi connectivity index (χ0n) is 20.4. The van der Waals surface area contributed by atoms with Crippen molar-refractivity contribution in [1.82, 2.24) is 10.6 Å². The molecule has 1 aliphatic carbocycles. The molecule has 200 valence electrons. The van der Waals surface area contributed by atoms with Crippen LogP contribution in [0.2, 0.25) is 0 Å². The van der Waals surface area contributed by atoms with Crippen LogP contribution in [0.4, 0.5) is 0 Å². The molecule has 0 spiro atoms. The lowest BCUT2D eigenvalue weighted by Crippen LogP contribution is -2.51. The van der Waals surface area contributed by atoms with E-state index in [4.69, 9.17) is 14.9 Å². The molecular formula is C27H28N2O9. The van der Waals surface area contributed by atoms with Gasteiger partial charge in [0, 0.05) is 12.8 Å². The summed E-state index contributed by atoms with van der Waals surface area (Å²) in [5, 5.41) is 22.8. The van der Waals surface area contributed by atoms with E-state index >= 15 is 0 Å². The summed E-state index contributed by atoms with van der Waals surface area (Å²) < 4.78 is 5.78. The quantitative estimate of drug-likeness (QED) is 0.200. The monoisotopic (exact) mass is 524 g/mol. The summed E-state index contributed by atoms with van der Waals surface area (Å²) >= 11 is 0. The van der Waals surface area contributed by atoms with Gasteiger partial charge < -0.3 is 30.4 Å². The van der Waals surface area contributed by atoms with Crippen molar-refractivity contribution in [3.63, 3.8) is 0 Å². The van der Waals surface area contributed by atoms with Crippen molar-refractivity contribution < 1.29 is 43.7 Å². The van der Waals surface area contributed by atoms with Crippen molar-refractivity contribution >= 4 is 35.8 Å². The van der Waals surface area contributed by atoms with Gasteiger partial charge in [0.2, 0.25) is 11.8 Å². The van der Waals surface area contributed by atoms with E-state index in [0.717, 1.165) is 0 Å². The highest BCUT2D eigenvalue weighted by Gasteiger charge is 2.57. The van der Waals surface area contributed by atoms with Crippen LogP contribution < -0.4 is 15.4 Å². The Balaban J connectivity index is 1.69. The molecule has 38 heavy (non-hydrogen) atoms. The molecule has 11 nitrogen and oxygen atoms in total. The number of carbonyl (C=O) groups is 6. The minimum Gasteiger partial charge on any atom is -0.481 e. The lowest BCUT2D eigenvalue weighted by Gasteiger charge is -2.22. The first-order valence-corrected chi connectivity index (χ1v) is 12.0. The summed E-state index contributed by atoms with van der Waals surface area (Å²) in [5.74, 6) is -3.40. The Labute approximate surface area is 218 Å². The van der Waals surface area contributed by atoms with Crippen LogP contribution in [-0.4, -0.2) is 58.1 Å². The summed E-state index contributed by atoms with van der Waals surface area (Å²) in [7, 11) is 0. The molecule has 2 atom stereocenters. The number of aliphatic carboxylic acids is 2. The number of hydrogen-bond donors (Lipinski definition) is 4. The Morgan fingerprint density at radius 2 is 1.55 bits per heavy atom. The van der Waals surface area contributed by atoms with Crippen LogP contribution in [0.1, 0.15) is 37.7 Å². The smallest absolute Gasteiger partial charge is 0.305 e. The highest BCUT2D eigenvalue weighted by atomic mass is 16.5.